The van der Waals surface area contributed by atoms with Gasteiger partial charge in [0.05, 0.1) is 12.7 Å². The number of carbonyl (C=O) groups excluding carboxylic acids is 1. The summed E-state index contributed by atoms with van der Waals surface area (Å²) in [5.74, 6) is 0.370. The van der Waals surface area contributed by atoms with E-state index >= 15 is 0 Å². The fourth-order valence-corrected chi connectivity index (χ4v) is 1.65. The van der Waals surface area contributed by atoms with Gasteiger partial charge in [-0.2, -0.15) is 11.8 Å². The zero-order chi connectivity index (χ0) is 12.7. The van der Waals surface area contributed by atoms with Crippen LogP contribution in [0.4, 0.5) is 5.82 Å². The summed E-state index contributed by atoms with van der Waals surface area (Å²) in [7, 11) is 1.37. The summed E-state index contributed by atoms with van der Waals surface area (Å²) in [5.41, 5.74) is 0.517. The van der Waals surface area contributed by atoms with Gasteiger partial charge in [-0.1, -0.05) is 6.92 Å². The molecule has 1 unspecified atom stereocenters. The first-order valence-electron chi connectivity index (χ1n) is 5.48. The Kier molecular flexibility index (Phi) is 5.83. The molecular formula is C12H18N2O2S. The largest absolute Gasteiger partial charge is 0.465 e. The normalized spacial score (nSPS) is 11.9. The molecule has 5 heteroatoms. The van der Waals surface area contributed by atoms with E-state index in [9.17, 15) is 4.79 Å². The predicted molar refractivity (Wildman–Crippen MR) is 71.7 cm³/mol. The van der Waals surface area contributed by atoms with Crippen molar-refractivity contribution in [3.63, 3.8) is 0 Å². The molecule has 4 nitrogen and oxygen atoms in total. The fourth-order valence-electron chi connectivity index (χ4n) is 1.29. The number of aromatic nitrogens is 1. The molecule has 17 heavy (non-hydrogen) atoms. The van der Waals surface area contributed by atoms with Crippen LogP contribution in [0.15, 0.2) is 18.3 Å². The van der Waals surface area contributed by atoms with Gasteiger partial charge in [0.25, 0.3) is 0 Å². The molecule has 0 saturated carbocycles. The second-order valence-electron chi connectivity index (χ2n) is 3.68. The number of carbonyl (C=O) groups is 1. The molecule has 0 fully saturated rings. The first-order valence-corrected chi connectivity index (χ1v) is 6.77. The summed E-state index contributed by atoms with van der Waals surface area (Å²) in [6.07, 6.45) is 4.76. The monoisotopic (exact) mass is 254 g/mol. The minimum atomic E-state index is -0.340. The fraction of sp³-hybridized carbons (Fsp3) is 0.500. The highest BCUT2D eigenvalue weighted by Crippen LogP contribution is 2.11. The van der Waals surface area contributed by atoms with Crippen LogP contribution >= 0.6 is 11.8 Å². The molecule has 0 saturated heterocycles. The van der Waals surface area contributed by atoms with Crippen LogP contribution in [0.2, 0.25) is 0 Å². The van der Waals surface area contributed by atoms with Crippen molar-refractivity contribution in [2.24, 2.45) is 0 Å². The summed E-state index contributed by atoms with van der Waals surface area (Å²) in [4.78, 5) is 15.5. The topological polar surface area (TPSA) is 51.2 Å². The number of hydrogen-bond donors (Lipinski definition) is 1. The van der Waals surface area contributed by atoms with Crippen LogP contribution in [-0.4, -0.2) is 36.1 Å². The first kappa shape index (κ1) is 13.8. The van der Waals surface area contributed by atoms with Crippen molar-refractivity contribution in [1.29, 1.82) is 0 Å². The number of methoxy groups -OCH3 is 1. The summed E-state index contributed by atoms with van der Waals surface area (Å²) >= 11 is 1.84. The second kappa shape index (κ2) is 7.17. The van der Waals surface area contributed by atoms with Crippen LogP contribution in [0.1, 0.15) is 23.7 Å². The molecule has 0 aliphatic rings. The lowest BCUT2D eigenvalue weighted by atomic mass is 10.2. The number of thioether (sulfide) groups is 1. The maximum absolute atomic E-state index is 11.3. The van der Waals surface area contributed by atoms with E-state index < -0.39 is 0 Å². The number of nitrogens with zero attached hydrogens (tertiary/aromatic N) is 1. The molecule has 0 bridgehead atoms. The number of ether oxygens (including phenoxy) is 1. The van der Waals surface area contributed by atoms with Gasteiger partial charge in [-0.25, -0.2) is 9.78 Å². The molecule has 94 valence electrons. The zero-order valence-corrected chi connectivity index (χ0v) is 11.2. The quantitative estimate of drug-likeness (QED) is 0.790. The number of pyridine rings is 1. The second-order valence-corrected chi connectivity index (χ2v) is 4.96. The summed E-state index contributed by atoms with van der Waals surface area (Å²) in [6, 6.07) is 3.34. The smallest absolute Gasteiger partial charge is 0.338 e. The summed E-state index contributed by atoms with van der Waals surface area (Å²) in [5, 5.41) is 3.81. The summed E-state index contributed by atoms with van der Waals surface area (Å²) in [6.45, 7) is 3.03. The van der Waals surface area contributed by atoms with Gasteiger partial charge in [-0.05, 0) is 24.8 Å². The first-order chi connectivity index (χ1) is 8.17. The van der Waals surface area contributed by atoms with Gasteiger partial charge < -0.3 is 10.1 Å². The van der Waals surface area contributed by atoms with Crippen molar-refractivity contribution in [2.75, 3.05) is 25.2 Å². The summed E-state index contributed by atoms with van der Waals surface area (Å²) < 4.78 is 4.65. The molecule has 1 aromatic rings. The number of rotatable bonds is 6. The molecule has 1 rings (SSSR count). The number of esters is 1. The van der Waals surface area contributed by atoms with E-state index in [-0.39, 0.29) is 5.97 Å². The highest BCUT2D eigenvalue weighted by Gasteiger charge is 2.06. The van der Waals surface area contributed by atoms with Gasteiger partial charge in [0, 0.05) is 18.0 Å². The number of nitrogens with one attached hydrogen (secondary N) is 1. The van der Waals surface area contributed by atoms with Crippen LogP contribution in [0, 0.1) is 0 Å². The Morgan fingerprint density at radius 3 is 3.06 bits per heavy atom. The lowest BCUT2D eigenvalue weighted by Gasteiger charge is -2.10. The molecule has 0 aliphatic heterocycles. The van der Waals surface area contributed by atoms with Crippen LogP contribution in [-0.2, 0) is 4.74 Å². The van der Waals surface area contributed by atoms with Crippen LogP contribution in [0.5, 0.6) is 0 Å². The lowest BCUT2D eigenvalue weighted by Crippen LogP contribution is -2.10. The van der Waals surface area contributed by atoms with Crippen LogP contribution in [0.25, 0.3) is 0 Å². The molecule has 0 radical (unpaired) electrons. The third-order valence-electron chi connectivity index (χ3n) is 2.44. The van der Waals surface area contributed by atoms with Crippen molar-refractivity contribution < 1.29 is 9.53 Å². The van der Waals surface area contributed by atoms with Gasteiger partial charge >= 0.3 is 5.97 Å². The van der Waals surface area contributed by atoms with Gasteiger partial charge in [-0.3, -0.25) is 0 Å². The Morgan fingerprint density at radius 2 is 2.41 bits per heavy atom. The lowest BCUT2D eigenvalue weighted by molar-refractivity contribution is 0.0600. The number of hydrogen-bond acceptors (Lipinski definition) is 5. The minimum absolute atomic E-state index is 0.340. The Labute approximate surface area is 106 Å². The van der Waals surface area contributed by atoms with E-state index in [1.165, 1.54) is 7.11 Å². The maximum atomic E-state index is 11.3. The molecule has 1 atom stereocenters. The third-order valence-corrected chi connectivity index (χ3v) is 3.48. The molecule has 1 aromatic heterocycles. The van der Waals surface area contributed by atoms with Gasteiger partial charge in [-0.15, -0.1) is 0 Å². The Balaban J connectivity index is 2.51. The van der Waals surface area contributed by atoms with Crippen LogP contribution < -0.4 is 5.32 Å². The third kappa shape index (κ3) is 4.65. The van der Waals surface area contributed by atoms with Crippen molar-refractivity contribution in [2.45, 2.75) is 18.6 Å². The standard InChI is InChI=1S/C12H18N2O2S/c1-9(17-3)4-6-13-11-8-10(5-7-14-11)12(15)16-2/h5,7-9H,4,6H2,1-3H3,(H,13,14). The highest BCUT2D eigenvalue weighted by atomic mass is 32.2. The average molecular weight is 254 g/mol. The average Bonchev–Trinajstić information content (AvgIpc) is 2.38. The van der Waals surface area contributed by atoms with Crippen LogP contribution in [0.3, 0.4) is 0 Å². The maximum Gasteiger partial charge on any atom is 0.338 e. The van der Waals surface area contributed by atoms with Gasteiger partial charge in [0.15, 0.2) is 0 Å². The van der Waals surface area contributed by atoms with E-state index in [0.29, 0.717) is 16.6 Å². The molecule has 0 amide bonds. The molecule has 0 aliphatic carbocycles. The SMILES string of the molecule is COC(=O)c1ccnc(NCCC(C)SC)c1. The molecule has 1 heterocycles. The Morgan fingerprint density at radius 1 is 1.65 bits per heavy atom. The van der Waals surface area contributed by atoms with Crippen molar-refractivity contribution in [3.8, 4) is 0 Å². The van der Waals surface area contributed by atoms with Crippen molar-refractivity contribution >= 4 is 23.5 Å². The van der Waals surface area contributed by atoms with Crippen molar-refractivity contribution in [3.05, 3.63) is 23.9 Å². The predicted octanol–water partition coefficient (Wildman–Crippen LogP) is 2.42. The Bertz CT molecular complexity index is 371. The minimum Gasteiger partial charge on any atom is -0.465 e. The van der Waals surface area contributed by atoms with E-state index in [2.05, 4.69) is 28.2 Å². The van der Waals surface area contributed by atoms with Gasteiger partial charge in [0.2, 0.25) is 0 Å². The molecular weight excluding hydrogens is 236 g/mol. The van der Waals surface area contributed by atoms with E-state index in [1.807, 2.05) is 11.8 Å². The van der Waals surface area contributed by atoms with E-state index in [0.717, 1.165) is 13.0 Å². The van der Waals surface area contributed by atoms with Gasteiger partial charge in [0.1, 0.15) is 5.82 Å². The zero-order valence-electron chi connectivity index (χ0n) is 10.4. The highest BCUT2D eigenvalue weighted by molar-refractivity contribution is 7.99. The van der Waals surface area contributed by atoms with Crippen molar-refractivity contribution in [1.82, 2.24) is 4.98 Å². The Hall–Kier alpha value is -1.23. The number of anilines is 1. The molecule has 0 spiro atoms. The molecule has 0 aromatic carbocycles. The van der Waals surface area contributed by atoms with E-state index in [4.69, 9.17) is 0 Å². The van der Waals surface area contributed by atoms with E-state index in [1.54, 1.807) is 18.3 Å². The molecule has 1 N–H and O–H groups in total.